The number of aryl methyl sites for hydroxylation is 1. The van der Waals surface area contributed by atoms with E-state index >= 15 is 0 Å². The third-order valence-electron chi connectivity index (χ3n) is 3.92. The van der Waals surface area contributed by atoms with Crippen molar-refractivity contribution in [3.63, 3.8) is 0 Å². The van der Waals surface area contributed by atoms with Crippen LogP contribution in [0.5, 0.6) is 11.5 Å². The monoisotopic (exact) mass is 362 g/mol. The number of carbonyl (C=O) groups is 1. The smallest absolute Gasteiger partial charge is 0.274 e. The summed E-state index contributed by atoms with van der Waals surface area (Å²) < 4.78 is 11.1. The molecule has 1 aliphatic rings. The quantitative estimate of drug-likeness (QED) is 0.738. The predicted octanol–water partition coefficient (Wildman–Crippen LogP) is 3.55. The van der Waals surface area contributed by atoms with Crippen LogP contribution in [-0.2, 0) is 0 Å². The highest BCUT2D eigenvalue weighted by Crippen LogP contribution is 2.33. The van der Waals surface area contributed by atoms with Gasteiger partial charge >= 0.3 is 0 Å². The second kappa shape index (κ2) is 7.33. The van der Waals surface area contributed by atoms with Gasteiger partial charge in [0, 0.05) is 23.5 Å². The Bertz CT molecular complexity index is 976. The lowest BCUT2D eigenvalue weighted by atomic mass is 10.2. The number of ether oxygens (including phenoxy) is 2. The van der Waals surface area contributed by atoms with Gasteiger partial charge in [0.1, 0.15) is 30.5 Å². The fourth-order valence-corrected chi connectivity index (χ4v) is 2.73. The highest BCUT2D eigenvalue weighted by molar-refractivity contribution is 6.03. The minimum atomic E-state index is -0.295. The van der Waals surface area contributed by atoms with Crippen molar-refractivity contribution in [1.29, 1.82) is 0 Å². The molecule has 2 heterocycles. The predicted molar refractivity (Wildman–Crippen MR) is 102 cm³/mol. The molecule has 0 unspecified atom stereocenters. The summed E-state index contributed by atoms with van der Waals surface area (Å²) in [5.74, 6) is 2.12. The summed E-state index contributed by atoms with van der Waals surface area (Å²) in [6, 6.07) is 16.4. The van der Waals surface area contributed by atoms with Gasteiger partial charge in [0.25, 0.3) is 5.91 Å². The topological polar surface area (TPSA) is 85.4 Å². The average Bonchev–Trinajstić information content (AvgIpc) is 2.68. The van der Waals surface area contributed by atoms with Gasteiger partial charge in [-0.1, -0.05) is 18.2 Å². The first kappa shape index (κ1) is 16.8. The second-order valence-corrected chi connectivity index (χ2v) is 5.99. The number of hydrogen-bond acceptors (Lipinski definition) is 6. The van der Waals surface area contributed by atoms with Crippen LogP contribution in [0.15, 0.2) is 54.6 Å². The second-order valence-electron chi connectivity index (χ2n) is 5.99. The van der Waals surface area contributed by atoms with Gasteiger partial charge in [-0.05, 0) is 31.2 Å². The van der Waals surface area contributed by atoms with Gasteiger partial charge in [0.15, 0.2) is 11.5 Å². The number of para-hydroxylation sites is 1. The summed E-state index contributed by atoms with van der Waals surface area (Å²) in [5, 5.41) is 6.01. The molecule has 136 valence electrons. The standard InChI is InChI=1S/C20H18N4O3/c1-13-21-16(20(25)24-14-5-3-2-4-6-14)12-19(22-13)23-15-7-8-17-18(11-15)27-10-9-26-17/h2-8,11-12H,9-10H2,1H3,(H,24,25)(H,21,22,23). The number of hydrogen-bond donors (Lipinski definition) is 2. The first-order chi connectivity index (χ1) is 13.2. The molecular weight excluding hydrogens is 344 g/mol. The van der Waals surface area contributed by atoms with Crippen LogP contribution in [0, 0.1) is 6.92 Å². The van der Waals surface area contributed by atoms with E-state index in [4.69, 9.17) is 9.47 Å². The molecule has 0 radical (unpaired) electrons. The summed E-state index contributed by atoms with van der Waals surface area (Å²) in [6.45, 7) is 2.81. The molecule has 1 amide bonds. The number of rotatable bonds is 4. The van der Waals surface area contributed by atoms with Crippen LogP contribution in [0.3, 0.4) is 0 Å². The van der Waals surface area contributed by atoms with Crippen LogP contribution in [0.4, 0.5) is 17.2 Å². The normalized spacial score (nSPS) is 12.3. The van der Waals surface area contributed by atoms with E-state index in [2.05, 4.69) is 20.6 Å². The molecule has 0 aliphatic carbocycles. The average molecular weight is 362 g/mol. The molecule has 7 heteroatoms. The highest BCUT2D eigenvalue weighted by atomic mass is 16.6. The number of carbonyl (C=O) groups excluding carboxylic acids is 1. The van der Waals surface area contributed by atoms with E-state index < -0.39 is 0 Å². The van der Waals surface area contributed by atoms with Gasteiger partial charge in [-0.15, -0.1) is 0 Å². The van der Waals surface area contributed by atoms with Gasteiger partial charge in [-0.2, -0.15) is 0 Å². The van der Waals surface area contributed by atoms with Crippen molar-refractivity contribution in [2.75, 3.05) is 23.8 Å². The van der Waals surface area contributed by atoms with E-state index in [-0.39, 0.29) is 11.6 Å². The number of anilines is 3. The Balaban J connectivity index is 1.54. The number of nitrogens with zero attached hydrogens (tertiary/aromatic N) is 2. The van der Waals surface area contributed by atoms with Gasteiger partial charge in [0.2, 0.25) is 0 Å². The molecule has 0 spiro atoms. The van der Waals surface area contributed by atoms with E-state index in [0.717, 1.165) is 5.69 Å². The van der Waals surface area contributed by atoms with Crippen molar-refractivity contribution in [3.8, 4) is 11.5 Å². The lowest BCUT2D eigenvalue weighted by molar-refractivity contribution is 0.102. The fourth-order valence-electron chi connectivity index (χ4n) is 2.73. The molecule has 27 heavy (non-hydrogen) atoms. The van der Waals surface area contributed by atoms with Crippen LogP contribution in [0.25, 0.3) is 0 Å². The minimum Gasteiger partial charge on any atom is -0.486 e. The lowest BCUT2D eigenvalue weighted by Crippen LogP contribution is -2.16. The summed E-state index contributed by atoms with van der Waals surface area (Å²) >= 11 is 0. The molecule has 2 N–H and O–H groups in total. The maximum absolute atomic E-state index is 12.5. The van der Waals surface area contributed by atoms with Crippen LogP contribution in [-0.4, -0.2) is 29.1 Å². The third kappa shape index (κ3) is 3.98. The molecule has 3 aromatic rings. The van der Waals surface area contributed by atoms with Crippen LogP contribution >= 0.6 is 0 Å². The number of nitrogens with one attached hydrogen (secondary N) is 2. The van der Waals surface area contributed by atoms with E-state index in [9.17, 15) is 4.79 Å². The number of amides is 1. The van der Waals surface area contributed by atoms with Gasteiger partial charge < -0.3 is 20.1 Å². The SMILES string of the molecule is Cc1nc(Nc2ccc3c(c2)OCCO3)cc(C(=O)Nc2ccccc2)n1. The van der Waals surface area contributed by atoms with Crippen LogP contribution in [0.2, 0.25) is 0 Å². The Morgan fingerprint density at radius 1 is 0.926 bits per heavy atom. The first-order valence-electron chi connectivity index (χ1n) is 8.56. The minimum absolute atomic E-state index is 0.284. The number of fused-ring (bicyclic) bond motifs is 1. The molecule has 4 rings (SSSR count). The third-order valence-corrected chi connectivity index (χ3v) is 3.92. The van der Waals surface area contributed by atoms with E-state index in [1.54, 1.807) is 13.0 Å². The van der Waals surface area contributed by atoms with Crippen LogP contribution < -0.4 is 20.1 Å². The number of benzene rings is 2. The zero-order valence-corrected chi connectivity index (χ0v) is 14.7. The van der Waals surface area contributed by atoms with Crippen molar-refractivity contribution in [2.24, 2.45) is 0 Å². The van der Waals surface area contributed by atoms with E-state index in [0.29, 0.717) is 42.0 Å². The highest BCUT2D eigenvalue weighted by Gasteiger charge is 2.14. The Morgan fingerprint density at radius 3 is 2.52 bits per heavy atom. The van der Waals surface area contributed by atoms with Crippen molar-refractivity contribution >= 4 is 23.1 Å². The molecule has 1 aromatic heterocycles. The summed E-state index contributed by atoms with van der Waals surface area (Å²) in [7, 11) is 0. The number of aromatic nitrogens is 2. The Kier molecular flexibility index (Phi) is 4.57. The van der Waals surface area contributed by atoms with E-state index in [1.165, 1.54) is 0 Å². The van der Waals surface area contributed by atoms with Gasteiger partial charge in [0.05, 0.1) is 0 Å². The maximum atomic E-state index is 12.5. The molecule has 0 fully saturated rings. The molecule has 1 aliphatic heterocycles. The molecule has 2 aromatic carbocycles. The fraction of sp³-hybridized carbons (Fsp3) is 0.150. The van der Waals surface area contributed by atoms with Crippen LogP contribution in [0.1, 0.15) is 16.3 Å². The Labute approximate surface area is 156 Å². The Morgan fingerprint density at radius 2 is 1.70 bits per heavy atom. The van der Waals surface area contributed by atoms with E-state index in [1.807, 2.05) is 48.5 Å². The Hall–Kier alpha value is -3.61. The zero-order chi connectivity index (χ0) is 18.6. The van der Waals surface area contributed by atoms with Crippen molar-refractivity contribution in [3.05, 3.63) is 66.1 Å². The van der Waals surface area contributed by atoms with Crippen molar-refractivity contribution in [2.45, 2.75) is 6.92 Å². The largest absolute Gasteiger partial charge is 0.486 e. The van der Waals surface area contributed by atoms with Crippen molar-refractivity contribution < 1.29 is 14.3 Å². The molecular formula is C20H18N4O3. The summed E-state index contributed by atoms with van der Waals surface area (Å²) in [4.78, 5) is 21.1. The summed E-state index contributed by atoms with van der Waals surface area (Å²) in [6.07, 6.45) is 0. The molecule has 0 saturated carbocycles. The first-order valence-corrected chi connectivity index (χ1v) is 8.56. The molecule has 0 bridgehead atoms. The lowest BCUT2D eigenvalue weighted by Gasteiger charge is -2.19. The van der Waals surface area contributed by atoms with Gasteiger partial charge in [-0.25, -0.2) is 9.97 Å². The molecule has 0 atom stereocenters. The van der Waals surface area contributed by atoms with Gasteiger partial charge in [-0.3, -0.25) is 4.79 Å². The zero-order valence-electron chi connectivity index (χ0n) is 14.7. The van der Waals surface area contributed by atoms with Crippen molar-refractivity contribution in [1.82, 2.24) is 9.97 Å². The molecule has 7 nitrogen and oxygen atoms in total. The maximum Gasteiger partial charge on any atom is 0.274 e. The molecule has 0 saturated heterocycles. The summed E-state index contributed by atoms with van der Waals surface area (Å²) in [5.41, 5.74) is 1.78.